The first-order valence-electron chi connectivity index (χ1n) is 9.80. The maximum absolute atomic E-state index is 12.6. The van der Waals surface area contributed by atoms with Crippen molar-refractivity contribution >= 4 is 55.2 Å². The monoisotopic (exact) mass is 525 g/mol. The lowest BCUT2D eigenvalue weighted by Crippen LogP contribution is -2.24. The zero-order chi connectivity index (χ0) is 26.1. The van der Waals surface area contributed by atoms with E-state index in [0.717, 1.165) is 17.5 Å². The van der Waals surface area contributed by atoms with Gasteiger partial charge in [-0.15, -0.1) is 11.3 Å². The van der Waals surface area contributed by atoms with Crippen LogP contribution in [-0.4, -0.2) is 31.4 Å². The van der Waals surface area contributed by atoms with Gasteiger partial charge in [-0.05, 0) is 64.7 Å². The lowest BCUT2D eigenvalue weighted by Gasteiger charge is -2.10. The number of nitrogens with two attached hydrogens (primary N) is 2. The summed E-state index contributed by atoms with van der Waals surface area (Å²) >= 11 is 1.21. The van der Waals surface area contributed by atoms with Gasteiger partial charge in [-0.2, -0.15) is 18.2 Å². The second-order valence-corrected chi connectivity index (χ2v) is 10.00. The van der Waals surface area contributed by atoms with E-state index in [1.807, 2.05) is 6.92 Å². The number of carboxylic acid groups (broad SMARTS) is 1. The molecule has 8 nitrogen and oxygen atoms in total. The van der Waals surface area contributed by atoms with Gasteiger partial charge < -0.3 is 16.6 Å². The van der Waals surface area contributed by atoms with Crippen molar-refractivity contribution in [1.82, 2.24) is 0 Å². The highest BCUT2D eigenvalue weighted by Crippen LogP contribution is 2.36. The smallest absolute Gasteiger partial charge is 0.417 e. The van der Waals surface area contributed by atoms with Crippen molar-refractivity contribution in [3.05, 3.63) is 68.9 Å². The van der Waals surface area contributed by atoms with Gasteiger partial charge in [-0.3, -0.25) is 4.79 Å². The maximum atomic E-state index is 12.6. The van der Waals surface area contributed by atoms with Gasteiger partial charge in [0, 0.05) is 15.7 Å². The number of benzene rings is 2. The summed E-state index contributed by atoms with van der Waals surface area (Å²) in [6.07, 6.45) is -2.56. The normalized spacial score (nSPS) is 13.6. The summed E-state index contributed by atoms with van der Waals surface area (Å²) in [6.45, 7) is 1.86. The number of aromatic carboxylic acids is 1. The zero-order valence-corrected chi connectivity index (χ0v) is 19.6. The topological polar surface area (TPSA) is 153 Å². The van der Waals surface area contributed by atoms with Crippen molar-refractivity contribution in [2.24, 2.45) is 16.5 Å². The minimum absolute atomic E-state index is 0.110. The van der Waals surface area contributed by atoms with Gasteiger partial charge in [-0.1, -0.05) is 6.92 Å². The number of aliphatic imine (C=N–C) groups is 1. The van der Waals surface area contributed by atoms with Crippen molar-refractivity contribution in [2.75, 3.05) is 0 Å². The highest BCUT2D eigenvalue weighted by molar-refractivity contribution is 7.94. The first kappa shape index (κ1) is 25.9. The van der Waals surface area contributed by atoms with E-state index in [4.69, 9.17) is 16.6 Å². The Bertz CT molecular complexity index is 1500. The summed E-state index contributed by atoms with van der Waals surface area (Å²) in [5, 5.41) is 11.9. The number of alkyl halides is 3. The summed E-state index contributed by atoms with van der Waals surface area (Å²) in [5.41, 5.74) is 10.0. The molecule has 1 amide bonds. The van der Waals surface area contributed by atoms with Crippen LogP contribution in [0.15, 0.2) is 51.0 Å². The number of halogens is 3. The minimum atomic E-state index is -4.65. The molecule has 3 aromatic rings. The highest BCUT2D eigenvalue weighted by Gasteiger charge is 2.35. The van der Waals surface area contributed by atoms with E-state index in [1.54, 1.807) is 11.4 Å². The highest BCUT2D eigenvalue weighted by atomic mass is 32.2. The Morgan fingerprint density at radius 1 is 1.11 bits per heavy atom. The van der Waals surface area contributed by atoms with E-state index in [0.29, 0.717) is 27.6 Å². The fourth-order valence-electron chi connectivity index (χ4n) is 3.35. The van der Waals surface area contributed by atoms with Crippen LogP contribution in [0.1, 0.15) is 44.3 Å². The largest absolute Gasteiger partial charge is 0.478 e. The molecule has 0 saturated heterocycles. The van der Waals surface area contributed by atoms with Crippen molar-refractivity contribution < 1.29 is 36.3 Å². The van der Waals surface area contributed by atoms with Gasteiger partial charge >= 0.3 is 12.1 Å². The van der Waals surface area contributed by atoms with Crippen molar-refractivity contribution in [2.45, 2.75) is 24.4 Å². The van der Waals surface area contributed by atoms with Gasteiger partial charge in [0.25, 0.3) is 5.91 Å². The summed E-state index contributed by atoms with van der Waals surface area (Å²) in [4.78, 5) is 26.2. The lowest BCUT2D eigenvalue weighted by atomic mass is 10.0. The lowest BCUT2D eigenvalue weighted by molar-refractivity contribution is -0.138. The van der Waals surface area contributed by atoms with E-state index in [-0.39, 0.29) is 16.4 Å². The molecule has 2 heterocycles. The van der Waals surface area contributed by atoms with Gasteiger partial charge in [-0.25, -0.2) is 13.2 Å². The standard InChI is InChI=1S/C12H13N3O3S.C10H5F3O2S/c1-2-7-5-8-3-4-19(17,18)10(8)6-9(7)11(16)15-12(13)14;11-10(12,13)7-3-5-1-2-16-8(5)4-6(7)9(14)15/h3-6H,2H2,1H3,(H4,13,14,15,16);1-4H,(H,14,15). The molecule has 0 aliphatic carbocycles. The molecule has 5 N–H and O–H groups in total. The molecule has 4 rings (SSSR count). The van der Waals surface area contributed by atoms with Crippen molar-refractivity contribution in [3.63, 3.8) is 0 Å². The third-order valence-electron chi connectivity index (χ3n) is 4.94. The SMILES string of the molecule is CCc1cc2c(cc1C(=O)N=C(N)N)S(=O)(=O)C=C2.O=C(O)c1cc2sccc2cc1C(F)(F)F. The Morgan fingerprint density at radius 3 is 2.37 bits per heavy atom. The number of carboxylic acids is 1. The third kappa shape index (κ3) is 5.52. The molecule has 0 bridgehead atoms. The van der Waals surface area contributed by atoms with E-state index >= 15 is 0 Å². The van der Waals surface area contributed by atoms with Crippen LogP contribution in [0, 0.1) is 0 Å². The number of sulfone groups is 1. The molecule has 13 heteroatoms. The van der Waals surface area contributed by atoms with Crippen LogP contribution >= 0.6 is 11.3 Å². The molecule has 1 aliphatic rings. The van der Waals surface area contributed by atoms with Gasteiger partial charge in [0.2, 0.25) is 0 Å². The van der Waals surface area contributed by atoms with E-state index in [2.05, 4.69) is 4.99 Å². The van der Waals surface area contributed by atoms with Crippen molar-refractivity contribution in [1.29, 1.82) is 0 Å². The molecular weight excluding hydrogens is 507 g/mol. The first-order valence-corrected chi connectivity index (χ1v) is 12.2. The number of nitrogens with zero attached hydrogens (tertiary/aromatic N) is 1. The van der Waals surface area contributed by atoms with Gasteiger partial charge in [0.15, 0.2) is 15.8 Å². The zero-order valence-electron chi connectivity index (χ0n) is 18.0. The fraction of sp³-hybridized carbons (Fsp3) is 0.136. The predicted molar refractivity (Wildman–Crippen MR) is 126 cm³/mol. The Hall–Kier alpha value is -3.71. The number of amides is 1. The van der Waals surface area contributed by atoms with Crippen LogP contribution in [0.25, 0.3) is 16.2 Å². The van der Waals surface area contributed by atoms with Crippen LogP contribution in [-0.2, 0) is 22.4 Å². The Balaban J connectivity index is 0.000000198. The molecule has 1 aliphatic heterocycles. The average Bonchev–Trinajstić information content (AvgIpc) is 3.34. The number of guanidine groups is 1. The third-order valence-corrected chi connectivity index (χ3v) is 7.28. The number of aryl methyl sites for hydroxylation is 1. The number of thiophene rings is 1. The Labute approximate surface area is 201 Å². The molecule has 0 radical (unpaired) electrons. The minimum Gasteiger partial charge on any atom is -0.478 e. The van der Waals surface area contributed by atoms with E-state index < -0.39 is 39.0 Å². The molecule has 1 aromatic heterocycles. The number of hydrogen-bond donors (Lipinski definition) is 3. The molecule has 184 valence electrons. The average molecular weight is 526 g/mol. The van der Waals surface area contributed by atoms with Crippen molar-refractivity contribution in [3.8, 4) is 0 Å². The summed E-state index contributed by atoms with van der Waals surface area (Å²) < 4.78 is 61.8. The summed E-state index contributed by atoms with van der Waals surface area (Å²) in [5.74, 6) is -2.56. The number of hydrogen-bond acceptors (Lipinski definition) is 5. The number of rotatable bonds is 3. The van der Waals surface area contributed by atoms with Gasteiger partial charge in [0.05, 0.1) is 16.0 Å². The molecular formula is C22H18F3N3O5S2. The molecule has 2 aromatic carbocycles. The molecule has 0 spiro atoms. The van der Waals surface area contributed by atoms with Crippen LogP contribution in [0.4, 0.5) is 13.2 Å². The van der Waals surface area contributed by atoms with Crippen LogP contribution in [0.5, 0.6) is 0 Å². The molecule has 0 saturated carbocycles. The first-order chi connectivity index (χ1) is 16.2. The quantitative estimate of drug-likeness (QED) is 0.345. The second kappa shape index (κ2) is 9.50. The van der Waals surface area contributed by atoms with E-state index in [9.17, 15) is 31.2 Å². The summed E-state index contributed by atoms with van der Waals surface area (Å²) in [7, 11) is -3.46. The van der Waals surface area contributed by atoms with E-state index in [1.165, 1.54) is 29.5 Å². The molecule has 0 unspecified atom stereocenters. The summed E-state index contributed by atoms with van der Waals surface area (Å²) in [6, 6.07) is 6.46. The number of carbonyl (C=O) groups is 2. The maximum Gasteiger partial charge on any atom is 0.417 e. The molecule has 0 atom stereocenters. The number of fused-ring (bicyclic) bond motifs is 2. The van der Waals surface area contributed by atoms with Crippen LogP contribution in [0.2, 0.25) is 0 Å². The Morgan fingerprint density at radius 2 is 1.80 bits per heavy atom. The van der Waals surface area contributed by atoms with Crippen LogP contribution < -0.4 is 11.5 Å². The van der Waals surface area contributed by atoms with Gasteiger partial charge in [0.1, 0.15) is 0 Å². The Kier molecular flexibility index (Phi) is 7.03. The molecule has 0 fully saturated rings. The predicted octanol–water partition coefficient (Wildman–Crippen LogP) is 4.04. The molecule has 35 heavy (non-hydrogen) atoms. The fourth-order valence-corrected chi connectivity index (χ4v) is 5.37. The van der Waals surface area contributed by atoms with Crippen LogP contribution in [0.3, 0.4) is 0 Å². The second-order valence-electron chi connectivity index (χ2n) is 7.25. The number of carbonyl (C=O) groups excluding carboxylic acids is 1.